The van der Waals surface area contributed by atoms with E-state index in [4.69, 9.17) is 4.74 Å². The maximum Gasteiger partial charge on any atom is 0.179 e. The fourth-order valence-electron chi connectivity index (χ4n) is 11.0. The van der Waals surface area contributed by atoms with Gasteiger partial charge in [0.05, 0.1) is 5.41 Å². The third kappa shape index (κ3) is 4.09. The van der Waals surface area contributed by atoms with Gasteiger partial charge in [0.2, 0.25) is 0 Å². The predicted molar refractivity (Wildman–Crippen MR) is 223 cm³/mol. The average Bonchev–Trinajstić information content (AvgIpc) is 3.61. The zero-order chi connectivity index (χ0) is 36.4. The summed E-state index contributed by atoms with van der Waals surface area (Å²) in [7, 11) is 0. The van der Waals surface area contributed by atoms with Crippen molar-refractivity contribution in [3.63, 3.8) is 0 Å². The van der Waals surface area contributed by atoms with Gasteiger partial charge in [-0.1, -0.05) is 146 Å². The van der Waals surface area contributed by atoms with Gasteiger partial charge >= 0.3 is 0 Å². The Kier molecular flexibility index (Phi) is 6.99. The molecule has 0 bridgehead atoms. The molecule has 0 amide bonds. The summed E-state index contributed by atoms with van der Waals surface area (Å²) in [5.74, 6) is 2.00. The standard InChI is InChI=1S/C52H50O/c1-8-31(9-2)35-28-45(32(10-3)11-4)53-51(30-35)42-25-24-34-26-36(50(5,6)7)29-44-46(34)47(42)48-43(51)27-33-18-12-13-19-37(33)49(48)52(44)40-22-16-14-20-38(40)39-21-15-17-23-41(39)52/h12-32H,8-11H2,1-7H3. The van der Waals surface area contributed by atoms with E-state index in [-0.39, 0.29) is 5.41 Å². The van der Waals surface area contributed by atoms with Crippen molar-refractivity contribution in [1.82, 2.24) is 0 Å². The molecule has 1 heteroatoms. The van der Waals surface area contributed by atoms with Gasteiger partial charge in [-0.2, -0.15) is 0 Å². The van der Waals surface area contributed by atoms with Crippen LogP contribution in [0.25, 0.3) is 43.8 Å². The van der Waals surface area contributed by atoms with Crippen molar-refractivity contribution in [3.05, 3.63) is 166 Å². The van der Waals surface area contributed by atoms with E-state index < -0.39 is 11.0 Å². The second kappa shape index (κ2) is 11.3. The summed E-state index contributed by atoms with van der Waals surface area (Å²) in [6.07, 6.45) is 9.34. The van der Waals surface area contributed by atoms with Crippen molar-refractivity contribution in [2.45, 2.75) is 90.6 Å². The lowest BCUT2D eigenvalue weighted by Crippen LogP contribution is -2.33. The Labute approximate surface area is 315 Å². The highest BCUT2D eigenvalue weighted by molar-refractivity contribution is 6.15. The monoisotopic (exact) mass is 690 g/mol. The van der Waals surface area contributed by atoms with Crippen LogP contribution in [0, 0.1) is 11.8 Å². The Morgan fingerprint density at radius 3 is 1.89 bits per heavy atom. The van der Waals surface area contributed by atoms with Crippen LogP contribution in [0.15, 0.2) is 127 Å². The van der Waals surface area contributed by atoms with E-state index in [1.165, 1.54) is 88.3 Å². The summed E-state index contributed by atoms with van der Waals surface area (Å²) in [4.78, 5) is 0. The van der Waals surface area contributed by atoms with Gasteiger partial charge in [0.15, 0.2) is 5.60 Å². The molecule has 10 rings (SSSR count). The molecule has 6 aromatic rings. The summed E-state index contributed by atoms with van der Waals surface area (Å²) in [5, 5.41) is 5.33. The number of hydrogen-bond donors (Lipinski definition) is 0. The van der Waals surface area contributed by atoms with Gasteiger partial charge in [0.1, 0.15) is 5.76 Å². The molecule has 1 aliphatic heterocycles. The zero-order valence-electron chi connectivity index (χ0n) is 32.4. The molecule has 53 heavy (non-hydrogen) atoms. The molecule has 1 unspecified atom stereocenters. The summed E-state index contributed by atoms with van der Waals surface area (Å²) in [5.41, 5.74) is 15.2. The van der Waals surface area contributed by atoms with Gasteiger partial charge in [0, 0.05) is 17.0 Å². The van der Waals surface area contributed by atoms with Gasteiger partial charge in [-0.25, -0.2) is 0 Å². The first kappa shape index (κ1) is 32.7. The number of benzene rings is 6. The van der Waals surface area contributed by atoms with Crippen LogP contribution in [-0.2, 0) is 21.2 Å². The molecule has 4 aliphatic rings. The highest BCUT2D eigenvalue weighted by Gasteiger charge is 2.57. The lowest BCUT2D eigenvalue weighted by molar-refractivity contribution is 0.0536. The molecule has 1 heterocycles. The molecule has 3 aliphatic carbocycles. The summed E-state index contributed by atoms with van der Waals surface area (Å²) in [6.45, 7) is 16.4. The third-order valence-corrected chi connectivity index (χ3v) is 13.6. The van der Waals surface area contributed by atoms with Crippen molar-refractivity contribution < 1.29 is 4.74 Å². The van der Waals surface area contributed by atoms with Crippen LogP contribution < -0.4 is 0 Å². The molecule has 1 nitrogen and oxygen atoms in total. The summed E-state index contributed by atoms with van der Waals surface area (Å²) in [6, 6.07) is 40.2. The van der Waals surface area contributed by atoms with Crippen molar-refractivity contribution in [2.75, 3.05) is 0 Å². The smallest absolute Gasteiger partial charge is 0.179 e. The number of rotatable bonds is 6. The first-order valence-corrected chi connectivity index (χ1v) is 20.2. The SMILES string of the molecule is CCC(CC)C1=CC2(OC(C(CC)CC)=C1)c1cc3ccccc3c3c1-c1c2ccc2cc(C(C)(C)C)cc(c12)C31c2ccccc2-c2ccccc21. The molecular formula is C52H50O. The highest BCUT2D eigenvalue weighted by atomic mass is 16.5. The Morgan fingerprint density at radius 2 is 1.23 bits per heavy atom. The quantitative estimate of drug-likeness (QED) is 0.169. The third-order valence-electron chi connectivity index (χ3n) is 13.6. The lowest BCUT2D eigenvalue weighted by Gasteiger charge is -2.41. The van der Waals surface area contributed by atoms with E-state index in [1.807, 2.05) is 0 Å². The van der Waals surface area contributed by atoms with E-state index >= 15 is 0 Å². The Morgan fingerprint density at radius 1 is 0.585 bits per heavy atom. The number of allylic oxidation sites excluding steroid dienone is 3. The fourth-order valence-corrected chi connectivity index (χ4v) is 11.0. The van der Waals surface area contributed by atoms with Crippen LogP contribution in [0.1, 0.15) is 113 Å². The molecule has 264 valence electrons. The summed E-state index contributed by atoms with van der Waals surface area (Å²) >= 11 is 0. The zero-order valence-corrected chi connectivity index (χ0v) is 32.4. The molecule has 0 fully saturated rings. The van der Waals surface area contributed by atoms with Crippen LogP contribution in [0.4, 0.5) is 0 Å². The van der Waals surface area contributed by atoms with Crippen LogP contribution in [0.2, 0.25) is 0 Å². The molecular weight excluding hydrogens is 641 g/mol. The van der Waals surface area contributed by atoms with Crippen molar-refractivity contribution in [2.24, 2.45) is 11.8 Å². The molecule has 0 N–H and O–H groups in total. The van der Waals surface area contributed by atoms with Gasteiger partial charge < -0.3 is 4.74 Å². The topological polar surface area (TPSA) is 9.23 Å². The van der Waals surface area contributed by atoms with Crippen LogP contribution in [-0.4, -0.2) is 0 Å². The molecule has 6 aromatic carbocycles. The summed E-state index contributed by atoms with van der Waals surface area (Å²) < 4.78 is 7.73. The maximum absolute atomic E-state index is 7.73. The van der Waals surface area contributed by atoms with Gasteiger partial charge in [-0.15, -0.1) is 0 Å². The van der Waals surface area contributed by atoms with Crippen molar-refractivity contribution in [3.8, 4) is 22.3 Å². The minimum Gasteiger partial charge on any atom is -0.478 e. The number of hydrogen-bond acceptors (Lipinski definition) is 1. The van der Waals surface area contributed by atoms with E-state index in [9.17, 15) is 0 Å². The van der Waals surface area contributed by atoms with E-state index in [0.717, 1.165) is 31.4 Å². The minimum absolute atomic E-state index is 0.0254. The van der Waals surface area contributed by atoms with Gasteiger partial charge in [-0.05, 0) is 132 Å². The maximum atomic E-state index is 7.73. The van der Waals surface area contributed by atoms with Crippen LogP contribution >= 0.6 is 0 Å². The Balaban J connectivity index is 1.46. The average molecular weight is 691 g/mol. The van der Waals surface area contributed by atoms with Crippen molar-refractivity contribution in [1.29, 1.82) is 0 Å². The van der Waals surface area contributed by atoms with Gasteiger partial charge in [-0.3, -0.25) is 0 Å². The van der Waals surface area contributed by atoms with Gasteiger partial charge in [0.25, 0.3) is 0 Å². The minimum atomic E-state index is -0.717. The number of ether oxygens (including phenoxy) is 1. The van der Waals surface area contributed by atoms with E-state index in [1.54, 1.807) is 0 Å². The molecule has 0 saturated carbocycles. The number of fused-ring (bicyclic) bond motifs is 11. The van der Waals surface area contributed by atoms with Crippen molar-refractivity contribution >= 4 is 21.5 Å². The largest absolute Gasteiger partial charge is 0.478 e. The predicted octanol–water partition coefficient (Wildman–Crippen LogP) is 13.9. The Bertz CT molecular complexity index is 2530. The van der Waals surface area contributed by atoms with Crippen LogP contribution in [0.3, 0.4) is 0 Å². The van der Waals surface area contributed by atoms with E-state index in [0.29, 0.717) is 11.8 Å². The normalized spacial score (nSPS) is 18.6. The fraction of sp³-hybridized carbons (Fsp3) is 0.308. The second-order valence-corrected chi connectivity index (χ2v) is 17.2. The first-order valence-electron chi connectivity index (χ1n) is 20.2. The molecule has 0 aromatic heterocycles. The lowest BCUT2D eigenvalue weighted by atomic mass is 9.59. The molecule has 2 spiro atoms. The molecule has 0 radical (unpaired) electrons. The molecule has 1 atom stereocenters. The highest BCUT2D eigenvalue weighted by Crippen LogP contribution is 2.69. The first-order chi connectivity index (χ1) is 25.7. The van der Waals surface area contributed by atoms with Crippen LogP contribution in [0.5, 0.6) is 0 Å². The Hall–Kier alpha value is -4.88. The van der Waals surface area contributed by atoms with E-state index in [2.05, 4.69) is 164 Å². The second-order valence-electron chi connectivity index (χ2n) is 17.2. The molecule has 0 saturated heterocycles.